The summed E-state index contributed by atoms with van der Waals surface area (Å²) < 4.78 is 3.34. The van der Waals surface area contributed by atoms with Gasteiger partial charge in [-0.05, 0) is 51.0 Å². The quantitative estimate of drug-likeness (QED) is 0.424. The van der Waals surface area contributed by atoms with Crippen LogP contribution >= 0.6 is 22.9 Å². The summed E-state index contributed by atoms with van der Waals surface area (Å²) in [6, 6.07) is 13.7. The number of rotatable bonds is 4. The van der Waals surface area contributed by atoms with Gasteiger partial charge in [-0.3, -0.25) is 9.78 Å². The summed E-state index contributed by atoms with van der Waals surface area (Å²) in [4.78, 5) is 17.5. The standard InChI is InChI=1S/C20H21IN4O/c1-14-8-5-6-9-16(14)20(3,4)19(26)25(21)18-11-13-24(23-18)17-10-7-12-22-15(17)2/h5-13H,1-4H3. The zero-order valence-electron chi connectivity index (χ0n) is 15.3. The number of amides is 1. The van der Waals surface area contributed by atoms with Crippen LogP contribution in [0.4, 0.5) is 5.82 Å². The van der Waals surface area contributed by atoms with Crippen LogP contribution < -0.4 is 3.11 Å². The Hall–Kier alpha value is -2.22. The molecule has 0 aliphatic carbocycles. The number of carbonyl (C=O) groups is 1. The van der Waals surface area contributed by atoms with Crippen molar-refractivity contribution in [2.45, 2.75) is 33.1 Å². The molecule has 0 spiro atoms. The van der Waals surface area contributed by atoms with Gasteiger partial charge in [0.05, 0.1) is 39.7 Å². The van der Waals surface area contributed by atoms with Gasteiger partial charge >= 0.3 is 0 Å². The second-order valence-electron chi connectivity index (χ2n) is 6.75. The number of benzene rings is 1. The minimum atomic E-state index is -0.652. The van der Waals surface area contributed by atoms with Crippen molar-refractivity contribution in [3.63, 3.8) is 0 Å². The van der Waals surface area contributed by atoms with Crippen LogP contribution in [0.25, 0.3) is 5.69 Å². The van der Waals surface area contributed by atoms with E-state index in [1.165, 1.54) is 0 Å². The molecule has 5 nitrogen and oxygen atoms in total. The molecule has 1 aromatic carbocycles. The molecule has 3 rings (SSSR count). The van der Waals surface area contributed by atoms with E-state index >= 15 is 0 Å². The van der Waals surface area contributed by atoms with Crippen LogP contribution in [0.2, 0.25) is 0 Å². The van der Waals surface area contributed by atoms with Crippen LogP contribution in [0.15, 0.2) is 54.9 Å². The molecular formula is C20H21IN4O. The monoisotopic (exact) mass is 460 g/mol. The van der Waals surface area contributed by atoms with Crippen molar-refractivity contribution >= 4 is 34.6 Å². The van der Waals surface area contributed by atoms with Crippen molar-refractivity contribution in [2.75, 3.05) is 3.11 Å². The lowest BCUT2D eigenvalue weighted by Crippen LogP contribution is -2.39. The summed E-state index contributed by atoms with van der Waals surface area (Å²) in [5.41, 5.74) is 3.25. The predicted molar refractivity (Wildman–Crippen MR) is 112 cm³/mol. The molecule has 3 aromatic rings. The molecule has 1 amide bonds. The molecule has 0 bridgehead atoms. The molecule has 2 aromatic heterocycles. The Kier molecular flexibility index (Phi) is 5.13. The smallest absolute Gasteiger partial charge is 0.247 e. The van der Waals surface area contributed by atoms with Crippen molar-refractivity contribution in [3.8, 4) is 5.69 Å². The van der Waals surface area contributed by atoms with E-state index in [-0.39, 0.29) is 5.91 Å². The Balaban J connectivity index is 1.90. The summed E-state index contributed by atoms with van der Waals surface area (Å²) in [5.74, 6) is 0.584. The number of anilines is 1. The molecule has 6 heteroatoms. The molecule has 0 atom stereocenters. The number of aryl methyl sites for hydroxylation is 2. The first-order valence-corrected chi connectivity index (χ1v) is 9.33. The molecule has 2 heterocycles. The Morgan fingerprint density at radius 2 is 1.85 bits per heavy atom. The lowest BCUT2D eigenvalue weighted by Gasteiger charge is -2.28. The summed E-state index contributed by atoms with van der Waals surface area (Å²) in [7, 11) is 0. The second kappa shape index (κ2) is 7.19. The van der Waals surface area contributed by atoms with Gasteiger partial charge in [0.1, 0.15) is 0 Å². The number of aromatic nitrogens is 3. The van der Waals surface area contributed by atoms with Crippen LogP contribution in [0.3, 0.4) is 0 Å². The van der Waals surface area contributed by atoms with Gasteiger partial charge in [0.15, 0.2) is 5.82 Å². The maximum atomic E-state index is 13.2. The van der Waals surface area contributed by atoms with E-state index in [4.69, 9.17) is 0 Å². The Labute approximate surface area is 167 Å². The minimum Gasteiger partial charge on any atom is -0.273 e. The molecule has 0 fully saturated rings. The third-order valence-corrected chi connectivity index (χ3v) is 5.47. The SMILES string of the molecule is Cc1ccccc1C(C)(C)C(=O)N(I)c1ccn(-c2cccnc2C)n1. The third-order valence-electron chi connectivity index (χ3n) is 4.53. The summed E-state index contributed by atoms with van der Waals surface area (Å²) in [6.07, 6.45) is 3.60. The van der Waals surface area contributed by atoms with Gasteiger partial charge in [-0.15, -0.1) is 5.10 Å². The zero-order chi connectivity index (χ0) is 18.9. The Morgan fingerprint density at radius 3 is 2.54 bits per heavy atom. The van der Waals surface area contributed by atoms with Gasteiger partial charge in [-0.25, -0.2) is 7.80 Å². The van der Waals surface area contributed by atoms with E-state index in [0.29, 0.717) is 5.82 Å². The molecule has 0 unspecified atom stereocenters. The first kappa shape index (κ1) is 18.6. The van der Waals surface area contributed by atoms with E-state index in [2.05, 4.69) is 10.1 Å². The topological polar surface area (TPSA) is 51.0 Å². The Morgan fingerprint density at radius 1 is 1.12 bits per heavy atom. The van der Waals surface area contributed by atoms with Crippen LogP contribution in [-0.4, -0.2) is 20.7 Å². The van der Waals surface area contributed by atoms with Crippen LogP contribution in [0.1, 0.15) is 30.7 Å². The van der Waals surface area contributed by atoms with Gasteiger partial charge in [0.25, 0.3) is 0 Å². The third kappa shape index (κ3) is 3.38. The van der Waals surface area contributed by atoms with Crippen molar-refractivity contribution in [1.82, 2.24) is 14.8 Å². The average Bonchev–Trinajstić information content (AvgIpc) is 3.11. The van der Waals surface area contributed by atoms with Crippen molar-refractivity contribution in [3.05, 3.63) is 71.7 Å². The largest absolute Gasteiger partial charge is 0.273 e. The molecule has 0 saturated heterocycles. The van der Waals surface area contributed by atoms with E-state index in [0.717, 1.165) is 22.5 Å². The lowest BCUT2D eigenvalue weighted by atomic mass is 9.81. The highest BCUT2D eigenvalue weighted by atomic mass is 127. The minimum absolute atomic E-state index is 0.0134. The molecule has 0 radical (unpaired) electrons. The fourth-order valence-electron chi connectivity index (χ4n) is 3.01. The number of halogens is 1. The fraction of sp³-hybridized carbons (Fsp3) is 0.250. The first-order chi connectivity index (χ1) is 12.3. The summed E-state index contributed by atoms with van der Waals surface area (Å²) in [5, 5.41) is 4.57. The van der Waals surface area contributed by atoms with Crippen LogP contribution in [0, 0.1) is 13.8 Å². The number of pyridine rings is 1. The maximum absolute atomic E-state index is 13.2. The van der Waals surface area contributed by atoms with E-state index < -0.39 is 5.41 Å². The highest BCUT2D eigenvalue weighted by molar-refractivity contribution is 14.1. The molecule has 0 N–H and O–H groups in total. The van der Waals surface area contributed by atoms with Gasteiger partial charge < -0.3 is 0 Å². The molecule has 134 valence electrons. The van der Waals surface area contributed by atoms with Gasteiger partial charge in [0.2, 0.25) is 5.91 Å². The number of carbonyl (C=O) groups excluding carboxylic acids is 1. The maximum Gasteiger partial charge on any atom is 0.247 e. The molecule has 0 aliphatic heterocycles. The average molecular weight is 460 g/mol. The number of hydrogen-bond donors (Lipinski definition) is 0. The van der Waals surface area contributed by atoms with E-state index in [1.54, 1.807) is 14.0 Å². The highest BCUT2D eigenvalue weighted by Crippen LogP contribution is 2.31. The number of nitrogens with zero attached hydrogens (tertiary/aromatic N) is 4. The first-order valence-electron chi connectivity index (χ1n) is 8.36. The zero-order valence-corrected chi connectivity index (χ0v) is 17.4. The van der Waals surface area contributed by atoms with Crippen LogP contribution in [-0.2, 0) is 10.2 Å². The fourth-order valence-corrected chi connectivity index (χ4v) is 3.87. The predicted octanol–water partition coefficient (Wildman–Crippen LogP) is 4.54. The van der Waals surface area contributed by atoms with Gasteiger partial charge in [-0.1, -0.05) is 24.3 Å². The van der Waals surface area contributed by atoms with Crippen molar-refractivity contribution < 1.29 is 4.79 Å². The van der Waals surface area contributed by atoms with Crippen molar-refractivity contribution in [2.24, 2.45) is 0 Å². The second-order valence-corrected chi connectivity index (χ2v) is 7.72. The van der Waals surface area contributed by atoms with E-state index in [1.807, 2.05) is 99.2 Å². The van der Waals surface area contributed by atoms with Crippen molar-refractivity contribution in [1.29, 1.82) is 0 Å². The van der Waals surface area contributed by atoms with Gasteiger partial charge in [-0.2, -0.15) is 0 Å². The van der Waals surface area contributed by atoms with E-state index in [9.17, 15) is 4.79 Å². The highest BCUT2D eigenvalue weighted by Gasteiger charge is 2.35. The molecule has 0 saturated carbocycles. The molecule has 26 heavy (non-hydrogen) atoms. The van der Waals surface area contributed by atoms with Crippen LogP contribution in [0.5, 0.6) is 0 Å². The summed E-state index contributed by atoms with van der Waals surface area (Å²) >= 11 is 2.03. The number of hydrogen-bond acceptors (Lipinski definition) is 3. The lowest BCUT2D eigenvalue weighted by molar-refractivity contribution is -0.121. The molecular weight excluding hydrogens is 439 g/mol. The van der Waals surface area contributed by atoms with Gasteiger partial charge in [0, 0.05) is 18.5 Å². The normalized spacial score (nSPS) is 11.4. The molecule has 0 aliphatic rings. The summed E-state index contributed by atoms with van der Waals surface area (Å²) in [6.45, 7) is 7.87. The Bertz CT molecular complexity index is 948.